The van der Waals surface area contributed by atoms with Gasteiger partial charge in [-0.25, -0.2) is 0 Å². The second-order valence-corrected chi connectivity index (χ2v) is 9.10. The van der Waals surface area contributed by atoms with Crippen LogP contribution < -0.4 is 5.32 Å². The van der Waals surface area contributed by atoms with Crippen LogP contribution in [-0.4, -0.2) is 13.1 Å². The predicted octanol–water partition coefficient (Wildman–Crippen LogP) is 7.67. The van der Waals surface area contributed by atoms with Crippen LogP contribution in [0.2, 0.25) is 0 Å². The number of hydrogen-bond acceptors (Lipinski definition) is 1. The van der Waals surface area contributed by atoms with Crippen LogP contribution in [0.5, 0.6) is 0 Å². The van der Waals surface area contributed by atoms with Crippen LogP contribution in [0.1, 0.15) is 90.2 Å². The van der Waals surface area contributed by atoms with Gasteiger partial charge in [0.2, 0.25) is 0 Å². The molecule has 1 aromatic carbocycles. The second kappa shape index (κ2) is 12.5. The first-order chi connectivity index (χ1) is 13.1. The molecule has 1 N–H and O–H groups in total. The van der Waals surface area contributed by atoms with Gasteiger partial charge in [-0.15, -0.1) is 0 Å². The van der Waals surface area contributed by atoms with Gasteiger partial charge in [0.1, 0.15) is 0 Å². The molecule has 28 heavy (non-hydrogen) atoms. The molecule has 1 aliphatic rings. The molecule has 162 valence electrons. The lowest BCUT2D eigenvalue weighted by atomic mass is 9.76. The van der Waals surface area contributed by atoms with Crippen molar-refractivity contribution in [1.82, 2.24) is 5.32 Å². The van der Waals surface area contributed by atoms with Crippen molar-refractivity contribution in [2.24, 2.45) is 17.8 Å². The van der Waals surface area contributed by atoms with Crippen LogP contribution in [0.15, 0.2) is 24.3 Å². The Morgan fingerprint density at radius 2 is 1.39 bits per heavy atom. The maximum Gasteiger partial charge on any atom is 0.416 e. The Labute approximate surface area is 170 Å². The van der Waals surface area contributed by atoms with Crippen molar-refractivity contribution in [3.63, 3.8) is 0 Å². The van der Waals surface area contributed by atoms with E-state index in [2.05, 4.69) is 39.9 Å². The molecule has 0 radical (unpaired) electrons. The summed E-state index contributed by atoms with van der Waals surface area (Å²) in [5, 5.41) is 3.45. The van der Waals surface area contributed by atoms with Gasteiger partial charge in [0.25, 0.3) is 0 Å². The van der Waals surface area contributed by atoms with Crippen molar-refractivity contribution in [3.8, 4) is 0 Å². The molecule has 2 atom stereocenters. The van der Waals surface area contributed by atoms with Gasteiger partial charge in [0.05, 0.1) is 5.56 Å². The second-order valence-electron chi connectivity index (χ2n) is 9.10. The van der Waals surface area contributed by atoms with E-state index < -0.39 is 11.7 Å². The summed E-state index contributed by atoms with van der Waals surface area (Å²) in [6.07, 6.45) is 3.11. The molecule has 1 nitrogen and oxygen atoms in total. The molecule has 0 bridgehead atoms. The third-order valence-electron chi connectivity index (χ3n) is 5.57. The average Bonchev–Trinajstić information content (AvgIpc) is 2.61. The minimum atomic E-state index is -4.23. The van der Waals surface area contributed by atoms with Gasteiger partial charge < -0.3 is 5.32 Å². The van der Waals surface area contributed by atoms with E-state index in [0.29, 0.717) is 11.8 Å². The molecule has 0 amide bonds. The molecule has 0 heterocycles. The van der Waals surface area contributed by atoms with Crippen molar-refractivity contribution in [2.45, 2.75) is 85.2 Å². The van der Waals surface area contributed by atoms with Crippen LogP contribution in [0.25, 0.3) is 0 Å². The lowest BCUT2D eigenvalue weighted by molar-refractivity contribution is -0.137. The maximum absolute atomic E-state index is 12.4. The maximum atomic E-state index is 12.4. The van der Waals surface area contributed by atoms with Gasteiger partial charge in [-0.1, -0.05) is 66.0 Å². The van der Waals surface area contributed by atoms with Crippen molar-refractivity contribution in [3.05, 3.63) is 35.4 Å². The molecule has 2 rings (SSSR count). The SMILES string of the molecule is CC(C)CCNCCC(C)C.C[C@H]1CCCCC1c1ccc(C(F)(F)F)cc1. The molecule has 0 spiro atoms. The van der Waals surface area contributed by atoms with E-state index in [1.807, 2.05) is 0 Å². The van der Waals surface area contributed by atoms with E-state index >= 15 is 0 Å². The molecule has 1 unspecified atom stereocenters. The fourth-order valence-electron chi connectivity index (χ4n) is 3.64. The summed E-state index contributed by atoms with van der Waals surface area (Å²) in [5.74, 6) is 2.69. The van der Waals surface area contributed by atoms with E-state index in [1.54, 1.807) is 12.1 Å². The van der Waals surface area contributed by atoms with Gasteiger partial charge in [0, 0.05) is 0 Å². The predicted molar refractivity (Wildman–Crippen MR) is 114 cm³/mol. The number of hydrogen-bond donors (Lipinski definition) is 1. The van der Waals surface area contributed by atoms with Gasteiger partial charge in [-0.05, 0) is 73.7 Å². The average molecular weight is 400 g/mol. The Morgan fingerprint density at radius 1 is 0.893 bits per heavy atom. The van der Waals surface area contributed by atoms with Crippen LogP contribution >= 0.6 is 0 Å². The molecule has 0 saturated heterocycles. The Balaban J connectivity index is 0.000000311. The first-order valence-corrected chi connectivity index (χ1v) is 11.0. The Hall–Kier alpha value is -1.03. The van der Waals surface area contributed by atoms with E-state index in [9.17, 15) is 13.2 Å². The molecule has 1 aromatic rings. The van der Waals surface area contributed by atoms with Crippen molar-refractivity contribution in [1.29, 1.82) is 0 Å². The van der Waals surface area contributed by atoms with Gasteiger partial charge in [0.15, 0.2) is 0 Å². The van der Waals surface area contributed by atoms with Crippen molar-refractivity contribution >= 4 is 0 Å². The zero-order valence-electron chi connectivity index (χ0n) is 18.4. The number of alkyl halides is 3. The number of benzene rings is 1. The summed E-state index contributed by atoms with van der Waals surface area (Å²) < 4.78 is 37.3. The molecule has 1 fully saturated rings. The Kier molecular flexibility index (Phi) is 11.2. The molecular formula is C24H40F3N. The summed E-state index contributed by atoms with van der Waals surface area (Å²) >= 11 is 0. The van der Waals surface area contributed by atoms with Crippen LogP contribution in [0, 0.1) is 17.8 Å². The molecule has 1 aliphatic carbocycles. The third kappa shape index (κ3) is 9.95. The van der Waals surface area contributed by atoms with E-state index in [0.717, 1.165) is 23.8 Å². The monoisotopic (exact) mass is 399 g/mol. The van der Waals surface area contributed by atoms with Crippen molar-refractivity contribution in [2.75, 3.05) is 13.1 Å². The summed E-state index contributed by atoms with van der Waals surface area (Å²) in [5.41, 5.74) is 0.509. The zero-order chi connectivity index (χ0) is 21.2. The standard InChI is InChI=1S/C14H17F3.C10H23N/c1-10-4-2-3-5-13(10)11-6-8-12(9-7-11)14(15,16)17;1-9(2)5-7-11-8-6-10(3)4/h6-10,13H,2-5H2,1H3;9-11H,5-8H2,1-4H3/t10-,13?;/m0./s1. The lowest BCUT2D eigenvalue weighted by Gasteiger charge is -2.29. The largest absolute Gasteiger partial charge is 0.416 e. The van der Waals surface area contributed by atoms with E-state index in [1.165, 1.54) is 57.3 Å². The first kappa shape index (κ1) is 25.0. The first-order valence-electron chi connectivity index (χ1n) is 11.0. The molecule has 1 saturated carbocycles. The third-order valence-corrected chi connectivity index (χ3v) is 5.57. The molecule has 0 aromatic heterocycles. The minimum absolute atomic E-state index is 0.436. The highest BCUT2D eigenvalue weighted by Gasteiger charge is 2.30. The van der Waals surface area contributed by atoms with E-state index in [4.69, 9.17) is 0 Å². The summed E-state index contributed by atoms with van der Waals surface area (Å²) in [7, 11) is 0. The number of halogens is 3. The minimum Gasteiger partial charge on any atom is -0.317 e. The molecule has 0 aliphatic heterocycles. The fourth-order valence-corrected chi connectivity index (χ4v) is 3.64. The summed E-state index contributed by atoms with van der Waals surface area (Å²) in [6.45, 7) is 13.6. The highest BCUT2D eigenvalue weighted by atomic mass is 19.4. The van der Waals surface area contributed by atoms with Gasteiger partial charge in [-0.3, -0.25) is 0 Å². The van der Waals surface area contributed by atoms with Gasteiger partial charge in [-0.2, -0.15) is 13.2 Å². The molecule has 4 heteroatoms. The zero-order valence-corrected chi connectivity index (χ0v) is 18.4. The fraction of sp³-hybridized carbons (Fsp3) is 0.750. The normalized spacial score (nSPS) is 20.2. The topological polar surface area (TPSA) is 12.0 Å². The lowest BCUT2D eigenvalue weighted by Crippen LogP contribution is -2.19. The van der Waals surface area contributed by atoms with Crippen LogP contribution in [0.4, 0.5) is 13.2 Å². The van der Waals surface area contributed by atoms with Crippen LogP contribution in [0.3, 0.4) is 0 Å². The smallest absolute Gasteiger partial charge is 0.317 e. The Morgan fingerprint density at radius 3 is 1.82 bits per heavy atom. The number of nitrogens with one attached hydrogen (secondary N) is 1. The van der Waals surface area contributed by atoms with Crippen molar-refractivity contribution < 1.29 is 13.2 Å². The number of rotatable bonds is 7. The Bertz CT molecular complexity index is 510. The van der Waals surface area contributed by atoms with E-state index in [-0.39, 0.29) is 0 Å². The highest BCUT2D eigenvalue weighted by molar-refractivity contribution is 5.27. The van der Waals surface area contributed by atoms with Gasteiger partial charge >= 0.3 is 6.18 Å². The quantitative estimate of drug-likeness (QED) is 0.464. The summed E-state index contributed by atoms with van der Waals surface area (Å²) in [4.78, 5) is 0. The highest BCUT2D eigenvalue weighted by Crippen LogP contribution is 2.38. The summed E-state index contributed by atoms with van der Waals surface area (Å²) in [6, 6.07) is 5.71. The van der Waals surface area contributed by atoms with Crippen LogP contribution in [-0.2, 0) is 6.18 Å². The molecular weight excluding hydrogens is 359 g/mol.